The maximum atomic E-state index is 12.6. The van der Waals surface area contributed by atoms with E-state index in [0.717, 1.165) is 0 Å². The standard InChI is InChI=1S/C12H19NO4S2/c1-4-5-13(6-7-17-3)19(15,16)12-10(2)9-18-11(12)8-14/h4,9,14H,1,5-8H2,2-3H3. The molecule has 108 valence electrons. The summed E-state index contributed by atoms with van der Waals surface area (Å²) >= 11 is 1.25. The van der Waals surface area contributed by atoms with Crippen LogP contribution in [0.2, 0.25) is 0 Å². The number of ether oxygens (including phenoxy) is 1. The van der Waals surface area contributed by atoms with Gasteiger partial charge in [-0.2, -0.15) is 4.31 Å². The normalized spacial score (nSPS) is 12.0. The van der Waals surface area contributed by atoms with E-state index in [1.165, 1.54) is 28.8 Å². The highest BCUT2D eigenvalue weighted by Gasteiger charge is 2.28. The van der Waals surface area contributed by atoms with Gasteiger partial charge in [-0.25, -0.2) is 8.42 Å². The van der Waals surface area contributed by atoms with Crippen LogP contribution in [0.5, 0.6) is 0 Å². The summed E-state index contributed by atoms with van der Waals surface area (Å²) in [7, 11) is -2.11. The monoisotopic (exact) mass is 305 g/mol. The second-order valence-corrected chi connectivity index (χ2v) is 6.81. The van der Waals surface area contributed by atoms with E-state index in [2.05, 4.69) is 6.58 Å². The van der Waals surface area contributed by atoms with Crippen molar-refractivity contribution in [3.05, 3.63) is 28.5 Å². The summed E-state index contributed by atoms with van der Waals surface area (Å²) in [6.07, 6.45) is 1.54. The molecule has 7 heteroatoms. The van der Waals surface area contributed by atoms with Crippen LogP contribution in [0.25, 0.3) is 0 Å². The second kappa shape index (κ2) is 7.16. The first kappa shape index (κ1) is 16.3. The lowest BCUT2D eigenvalue weighted by Crippen LogP contribution is -2.34. The summed E-state index contributed by atoms with van der Waals surface area (Å²) in [4.78, 5) is 0.668. The second-order valence-electron chi connectivity index (χ2n) is 3.97. The number of aliphatic hydroxyl groups is 1. The Balaban J connectivity index is 3.18. The molecule has 0 fully saturated rings. The summed E-state index contributed by atoms with van der Waals surface area (Å²) in [5, 5.41) is 11.0. The minimum atomic E-state index is -3.63. The van der Waals surface area contributed by atoms with Crippen molar-refractivity contribution in [2.24, 2.45) is 0 Å². The number of sulfonamides is 1. The highest BCUT2D eigenvalue weighted by molar-refractivity contribution is 7.89. The molecular formula is C12H19NO4S2. The molecule has 0 spiro atoms. The number of hydrogen-bond donors (Lipinski definition) is 1. The molecule has 0 saturated carbocycles. The van der Waals surface area contributed by atoms with Crippen molar-refractivity contribution in [1.82, 2.24) is 4.31 Å². The van der Waals surface area contributed by atoms with Crippen molar-refractivity contribution in [2.45, 2.75) is 18.4 Å². The van der Waals surface area contributed by atoms with E-state index in [4.69, 9.17) is 4.74 Å². The Hall–Kier alpha value is -0.730. The zero-order valence-corrected chi connectivity index (χ0v) is 12.8. The Morgan fingerprint density at radius 1 is 1.58 bits per heavy atom. The van der Waals surface area contributed by atoms with Gasteiger partial charge >= 0.3 is 0 Å². The van der Waals surface area contributed by atoms with E-state index in [-0.39, 0.29) is 24.6 Å². The van der Waals surface area contributed by atoms with Gasteiger partial charge in [0.1, 0.15) is 4.90 Å². The number of rotatable bonds is 8. The highest BCUT2D eigenvalue weighted by atomic mass is 32.2. The van der Waals surface area contributed by atoms with Gasteiger partial charge in [-0.1, -0.05) is 6.08 Å². The zero-order chi connectivity index (χ0) is 14.5. The minimum absolute atomic E-state index is 0.206. The van der Waals surface area contributed by atoms with Crippen molar-refractivity contribution < 1.29 is 18.3 Å². The Kier molecular flexibility index (Phi) is 6.15. The molecular weight excluding hydrogens is 286 g/mol. The number of nitrogens with zero attached hydrogens (tertiary/aromatic N) is 1. The van der Waals surface area contributed by atoms with E-state index in [1.54, 1.807) is 12.3 Å². The van der Waals surface area contributed by atoms with Crippen LogP contribution < -0.4 is 0 Å². The average Bonchev–Trinajstić information content (AvgIpc) is 2.76. The summed E-state index contributed by atoms with van der Waals surface area (Å²) in [6, 6.07) is 0. The molecule has 1 N–H and O–H groups in total. The molecule has 0 amide bonds. The summed E-state index contributed by atoms with van der Waals surface area (Å²) in [5.74, 6) is 0. The van der Waals surface area contributed by atoms with Crippen molar-refractivity contribution in [1.29, 1.82) is 0 Å². The topological polar surface area (TPSA) is 66.8 Å². The van der Waals surface area contributed by atoms with Crippen LogP contribution in [0.1, 0.15) is 10.4 Å². The molecule has 0 aliphatic carbocycles. The van der Waals surface area contributed by atoms with Crippen molar-refractivity contribution in [3.8, 4) is 0 Å². The molecule has 0 atom stereocenters. The van der Waals surface area contributed by atoms with E-state index >= 15 is 0 Å². The van der Waals surface area contributed by atoms with Gasteiger partial charge in [-0.05, 0) is 17.9 Å². The molecule has 1 heterocycles. The quantitative estimate of drug-likeness (QED) is 0.737. The first-order valence-electron chi connectivity index (χ1n) is 5.76. The smallest absolute Gasteiger partial charge is 0.244 e. The number of thiophene rings is 1. The third kappa shape index (κ3) is 3.64. The van der Waals surface area contributed by atoms with E-state index in [0.29, 0.717) is 17.0 Å². The predicted octanol–water partition coefficient (Wildman–Crippen LogP) is 1.37. The van der Waals surface area contributed by atoms with E-state index in [9.17, 15) is 13.5 Å². The first-order valence-corrected chi connectivity index (χ1v) is 8.08. The van der Waals surface area contributed by atoms with Crippen molar-refractivity contribution >= 4 is 21.4 Å². The molecule has 0 unspecified atom stereocenters. The van der Waals surface area contributed by atoms with Gasteiger partial charge < -0.3 is 9.84 Å². The van der Waals surface area contributed by atoms with Gasteiger partial charge in [0.05, 0.1) is 18.1 Å². The molecule has 19 heavy (non-hydrogen) atoms. The van der Waals surface area contributed by atoms with Gasteiger partial charge in [0, 0.05) is 20.2 Å². The first-order chi connectivity index (χ1) is 8.98. The number of hydrogen-bond acceptors (Lipinski definition) is 5. The molecule has 0 aliphatic rings. The molecule has 0 saturated heterocycles. The molecule has 0 aromatic carbocycles. The molecule has 0 bridgehead atoms. The minimum Gasteiger partial charge on any atom is -0.391 e. The van der Waals surface area contributed by atoms with Crippen LogP contribution in [-0.4, -0.2) is 44.6 Å². The maximum absolute atomic E-state index is 12.6. The highest BCUT2D eigenvalue weighted by Crippen LogP contribution is 2.29. The maximum Gasteiger partial charge on any atom is 0.244 e. The summed E-state index contributed by atoms with van der Waals surface area (Å²) < 4.78 is 31.5. The largest absolute Gasteiger partial charge is 0.391 e. The van der Waals surface area contributed by atoms with E-state index < -0.39 is 10.0 Å². The van der Waals surface area contributed by atoms with Crippen LogP contribution in [0.3, 0.4) is 0 Å². The van der Waals surface area contributed by atoms with Gasteiger partial charge in [0.15, 0.2) is 0 Å². The Morgan fingerprint density at radius 2 is 2.26 bits per heavy atom. The Morgan fingerprint density at radius 3 is 2.79 bits per heavy atom. The van der Waals surface area contributed by atoms with Gasteiger partial charge in [-0.15, -0.1) is 17.9 Å². The number of methoxy groups -OCH3 is 1. The van der Waals surface area contributed by atoms with E-state index in [1.807, 2.05) is 0 Å². The van der Waals surface area contributed by atoms with Gasteiger partial charge in [0.25, 0.3) is 0 Å². The Bertz CT molecular complexity index is 522. The average molecular weight is 305 g/mol. The van der Waals surface area contributed by atoms with Gasteiger partial charge in [-0.3, -0.25) is 0 Å². The van der Waals surface area contributed by atoms with Crippen LogP contribution in [0.4, 0.5) is 0 Å². The number of aliphatic hydroxyl groups excluding tert-OH is 1. The van der Waals surface area contributed by atoms with Crippen molar-refractivity contribution in [2.75, 3.05) is 26.8 Å². The molecule has 1 aromatic heterocycles. The lowest BCUT2D eigenvalue weighted by molar-refractivity contribution is 0.182. The fourth-order valence-corrected chi connectivity index (χ4v) is 4.73. The number of aryl methyl sites for hydroxylation is 1. The van der Waals surface area contributed by atoms with Crippen LogP contribution in [0.15, 0.2) is 22.9 Å². The molecule has 1 rings (SSSR count). The summed E-state index contributed by atoms with van der Waals surface area (Å²) in [5.41, 5.74) is 0.653. The van der Waals surface area contributed by atoms with Crippen LogP contribution in [-0.2, 0) is 21.4 Å². The molecule has 5 nitrogen and oxygen atoms in total. The molecule has 0 aliphatic heterocycles. The SMILES string of the molecule is C=CCN(CCOC)S(=O)(=O)c1c(C)csc1CO. The lowest BCUT2D eigenvalue weighted by Gasteiger charge is -2.21. The fraction of sp³-hybridized carbons (Fsp3) is 0.500. The molecule has 0 radical (unpaired) electrons. The van der Waals surface area contributed by atoms with Crippen molar-refractivity contribution in [3.63, 3.8) is 0 Å². The Labute approximate surface area is 118 Å². The predicted molar refractivity (Wildman–Crippen MR) is 75.8 cm³/mol. The zero-order valence-electron chi connectivity index (χ0n) is 11.1. The molecule has 1 aromatic rings. The summed E-state index contributed by atoms with van der Waals surface area (Å²) in [6.45, 7) is 5.80. The lowest BCUT2D eigenvalue weighted by atomic mass is 10.3. The fourth-order valence-electron chi connectivity index (χ4n) is 1.72. The third-order valence-electron chi connectivity index (χ3n) is 2.61. The van der Waals surface area contributed by atoms with Crippen LogP contribution in [0, 0.1) is 6.92 Å². The van der Waals surface area contributed by atoms with Crippen LogP contribution >= 0.6 is 11.3 Å². The van der Waals surface area contributed by atoms with Gasteiger partial charge in [0.2, 0.25) is 10.0 Å². The third-order valence-corrected chi connectivity index (χ3v) is 5.92.